The van der Waals surface area contributed by atoms with Crippen LogP contribution in [0.4, 0.5) is 38.0 Å². The summed E-state index contributed by atoms with van der Waals surface area (Å²) in [6.07, 6.45) is -8.90. The standard InChI is InChI=1S/C18H15F6N3O/c1-3-10-8-11(17(19,20)21)9-14-15(10)27(2)16(26-14)25-12-4-6-13(7-5-12)28-18(22,23)24/h4-9H,3H2,1-2H3,(H,25,26). The van der Waals surface area contributed by atoms with Crippen molar-refractivity contribution in [2.24, 2.45) is 7.05 Å². The predicted molar refractivity (Wildman–Crippen MR) is 91.5 cm³/mol. The summed E-state index contributed by atoms with van der Waals surface area (Å²) in [5, 5.41) is 2.89. The molecule has 0 radical (unpaired) electrons. The maximum Gasteiger partial charge on any atom is 0.573 e. The number of halogens is 6. The molecule has 150 valence electrons. The Hall–Kier alpha value is -2.91. The zero-order valence-corrected chi connectivity index (χ0v) is 14.7. The van der Waals surface area contributed by atoms with Crippen molar-refractivity contribution in [1.82, 2.24) is 9.55 Å². The Balaban J connectivity index is 1.94. The van der Waals surface area contributed by atoms with Crippen molar-refractivity contribution in [3.8, 4) is 5.75 Å². The first-order valence-electron chi connectivity index (χ1n) is 8.17. The van der Waals surface area contributed by atoms with Crippen LogP contribution < -0.4 is 10.1 Å². The van der Waals surface area contributed by atoms with E-state index in [1.165, 1.54) is 12.1 Å². The zero-order chi connectivity index (χ0) is 20.7. The summed E-state index contributed by atoms with van der Waals surface area (Å²) < 4.78 is 81.4. The van der Waals surface area contributed by atoms with Gasteiger partial charge in [-0.15, -0.1) is 13.2 Å². The van der Waals surface area contributed by atoms with E-state index in [0.29, 0.717) is 23.2 Å². The third kappa shape index (κ3) is 4.15. The van der Waals surface area contributed by atoms with Crippen LogP contribution in [0.5, 0.6) is 5.75 Å². The van der Waals surface area contributed by atoms with Gasteiger partial charge < -0.3 is 14.6 Å². The van der Waals surface area contributed by atoms with E-state index in [1.54, 1.807) is 18.5 Å². The van der Waals surface area contributed by atoms with Gasteiger partial charge in [0.25, 0.3) is 0 Å². The molecule has 10 heteroatoms. The minimum absolute atomic E-state index is 0.175. The van der Waals surface area contributed by atoms with Gasteiger partial charge in [-0.2, -0.15) is 13.2 Å². The molecule has 3 rings (SSSR count). The quantitative estimate of drug-likeness (QED) is 0.560. The molecule has 0 aliphatic rings. The van der Waals surface area contributed by atoms with E-state index in [2.05, 4.69) is 15.0 Å². The molecule has 4 nitrogen and oxygen atoms in total. The van der Waals surface area contributed by atoms with E-state index < -0.39 is 18.1 Å². The number of hydrogen-bond donors (Lipinski definition) is 1. The number of alkyl halides is 6. The molecule has 0 aliphatic carbocycles. The molecule has 0 amide bonds. The van der Waals surface area contributed by atoms with Gasteiger partial charge in [-0.3, -0.25) is 0 Å². The number of aryl methyl sites for hydroxylation is 2. The van der Waals surface area contributed by atoms with Gasteiger partial charge in [0.2, 0.25) is 5.95 Å². The van der Waals surface area contributed by atoms with Crippen molar-refractivity contribution < 1.29 is 31.1 Å². The summed E-state index contributed by atoms with van der Waals surface area (Å²) in [6, 6.07) is 7.01. The van der Waals surface area contributed by atoms with E-state index in [4.69, 9.17) is 0 Å². The molecule has 1 aromatic heterocycles. The average molecular weight is 403 g/mol. The van der Waals surface area contributed by atoms with Crippen LogP contribution in [0.15, 0.2) is 36.4 Å². The van der Waals surface area contributed by atoms with Gasteiger partial charge in [0, 0.05) is 12.7 Å². The Bertz CT molecular complexity index is 990. The summed E-state index contributed by atoms with van der Waals surface area (Å²) in [7, 11) is 1.64. The van der Waals surface area contributed by atoms with Crippen molar-refractivity contribution in [2.75, 3.05) is 5.32 Å². The molecule has 0 atom stereocenters. The first-order valence-corrected chi connectivity index (χ1v) is 8.17. The molecule has 0 fully saturated rings. The maximum atomic E-state index is 13.1. The molecule has 0 unspecified atom stereocenters. The van der Waals surface area contributed by atoms with Crippen LogP contribution in [0.1, 0.15) is 18.1 Å². The third-order valence-corrected chi connectivity index (χ3v) is 4.10. The van der Waals surface area contributed by atoms with Crippen LogP contribution in [0.2, 0.25) is 0 Å². The normalized spacial score (nSPS) is 12.4. The summed E-state index contributed by atoms with van der Waals surface area (Å²) in [4.78, 5) is 4.21. The number of rotatable bonds is 4. The lowest BCUT2D eigenvalue weighted by atomic mass is 10.1. The van der Waals surface area contributed by atoms with E-state index in [0.717, 1.165) is 24.3 Å². The second kappa shape index (κ2) is 6.92. The summed E-state index contributed by atoms with van der Waals surface area (Å²) in [6.45, 7) is 1.74. The number of benzene rings is 2. The number of hydrogen-bond acceptors (Lipinski definition) is 3. The van der Waals surface area contributed by atoms with Crippen LogP contribution in [0.3, 0.4) is 0 Å². The number of nitrogens with one attached hydrogen (secondary N) is 1. The predicted octanol–water partition coefficient (Wildman–Crippen LogP) is 5.80. The SMILES string of the molecule is CCc1cc(C(F)(F)F)cc2nc(Nc3ccc(OC(F)(F)F)cc3)n(C)c12. The number of imidazole rings is 1. The van der Waals surface area contributed by atoms with E-state index >= 15 is 0 Å². The molecule has 1 N–H and O–H groups in total. The van der Waals surface area contributed by atoms with Crippen molar-refractivity contribution in [1.29, 1.82) is 0 Å². The molecular weight excluding hydrogens is 388 g/mol. The first kappa shape index (κ1) is 19.8. The van der Waals surface area contributed by atoms with Crippen LogP contribution >= 0.6 is 0 Å². The van der Waals surface area contributed by atoms with Crippen LogP contribution in [0.25, 0.3) is 11.0 Å². The van der Waals surface area contributed by atoms with Gasteiger partial charge >= 0.3 is 12.5 Å². The second-order valence-corrected chi connectivity index (χ2v) is 6.05. The molecule has 2 aromatic carbocycles. The highest BCUT2D eigenvalue weighted by molar-refractivity contribution is 5.84. The Labute approximate surface area is 155 Å². The number of anilines is 2. The Kier molecular flexibility index (Phi) is 4.90. The minimum atomic E-state index is -4.79. The van der Waals surface area contributed by atoms with E-state index in [-0.39, 0.29) is 17.2 Å². The lowest BCUT2D eigenvalue weighted by molar-refractivity contribution is -0.274. The topological polar surface area (TPSA) is 39.1 Å². The van der Waals surface area contributed by atoms with E-state index in [1.807, 2.05) is 0 Å². The largest absolute Gasteiger partial charge is 0.573 e. The lowest BCUT2D eigenvalue weighted by Crippen LogP contribution is -2.17. The highest BCUT2D eigenvalue weighted by atomic mass is 19.4. The fourth-order valence-corrected chi connectivity index (χ4v) is 2.86. The van der Waals surface area contributed by atoms with Crippen LogP contribution in [-0.4, -0.2) is 15.9 Å². The van der Waals surface area contributed by atoms with E-state index in [9.17, 15) is 26.3 Å². The second-order valence-electron chi connectivity index (χ2n) is 6.05. The molecule has 0 saturated heterocycles. The molecule has 28 heavy (non-hydrogen) atoms. The highest BCUT2D eigenvalue weighted by Crippen LogP contribution is 2.34. The Morgan fingerprint density at radius 2 is 1.68 bits per heavy atom. The zero-order valence-electron chi connectivity index (χ0n) is 14.7. The minimum Gasteiger partial charge on any atom is -0.406 e. The number of ether oxygens (including phenoxy) is 1. The van der Waals surface area contributed by atoms with Gasteiger partial charge in [-0.25, -0.2) is 4.98 Å². The van der Waals surface area contributed by atoms with Gasteiger partial charge in [-0.1, -0.05) is 6.92 Å². The third-order valence-electron chi connectivity index (χ3n) is 4.10. The molecule has 3 aromatic rings. The van der Waals surface area contributed by atoms with Gasteiger partial charge in [0.15, 0.2) is 0 Å². The first-order chi connectivity index (χ1) is 13.0. The van der Waals surface area contributed by atoms with Crippen molar-refractivity contribution in [3.05, 3.63) is 47.5 Å². The number of nitrogens with zero attached hydrogens (tertiary/aromatic N) is 2. The molecule has 0 spiro atoms. The van der Waals surface area contributed by atoms with Crippen molar-refractivity contribution in [3.63, 3.8) is 0 Å². The molecule has 0 saturated carbocycles. The smallest absolute Gasteiger partial charge is 0.406 e. The monoisotopic (exact) mass is 403 g/mol. The molecule has 1 heterocycles. The fraction of sp³-hybridized carbons (Fsp3) is 0.278. The van der Waals surface area contributed by atoms with Gasteiger partial charge in [0.05, 0.1) is 16.6 Å². The molecular formula is C18H15F6N3O. The van der Waals surface area contributed by atoms with Gasteiger partial charge in [0.1, 0.15) is 5.75 Å². The maximum absolute atomic E-state index is 13.1. The molecule has 0 bridgehead atoms. The van der Waals surface area contributed by atoms with Crippen molar-refractivity contribution in [2.45, 2.75) is 25.9 Å². The summed E-state index contributed by atoms with van der Waals surface area (Å²) in [5.41, 5.74) is 0.836. The van der Waals surface area contributed by atoms with Gasteiger partial charge in [-0.05, 0) is 48.4 Å². The Morgan fingerprint density at radius 3 is 2.21 bits per heavy atom. The lowest BCUT2D eigenvalue weighted by Gasteiger charge is -2.11. The van der Waals surface area contributed by atoms with Crippen LogP contribution in [0, 0.1) is 0 Å². The number of fused-ring (bicyclic) bond motifs is 1. The fourth-order valence-electron chi connectivity index (χ4n) is 2.86. The highest BCUT2D eigenvalue weighted by Gasteiger charge is 2.32. The average Bonchev–Trinajstić information content (AvgIpc) is 2.90. The molecule has 0 aliphatic heterocycles. The Morgan fingerprint density at radius 1 is 1.04 bits per heavy atom. The summed E-state index contributed by atoms with van der Waals surface area (Å²) >= 11 is 0. The van der Waals surface area contributed by atoms with Crippen molar-refractivity contribution >= 4 is 22.7 Å². The van der Waals surface area contributed by atoms with Crippen LogP contribution in [-0.2, 0) is 19.6 Å². The number of aromatic nitrogens is 2. The summed E-state index contributed by atoms with van der Waals surface area (Å²) in [5.74, 6) is -0.125.